The van der Waals surface area contributed by atoms with Crippen LogP contribution >= 0.6 is 0 Å². The molecule has 0 bridgehead atoms. The third-order valence-electron chi connectivity index (χ3n) is 0.651. The number of hydrogen-bond acceptors (Lipinski definition) is 2. The summed E-state index contributed by atoms with van der Waals surface area (Å²) in [7, 11) is 0. The topological polar surface area (TPSA) is 25.1 Å². The van der Waals surface area contributed by atoms with Crippen molar-refractivity contribution in [2.75, 3.05) is 0 Å². The molecule has 1 radical (unpaired) electrons. The summed E-state index contributed by atoms with van der Waals surface area (Å²) in [6.45, 7) is 4.03. The third-order valence-corrected chi connectivity index (χ3v) is 0.651. The van der Waals surface area contributed by atoms with Crippen molar-refractivity contribution >= 4 is 0 Å². The lowest BCUT2D eigenvalue weighted by Crippen LogP contribution is -1.84. The van der Waals surface area contributed by atoms with Gasteiger partial charge in [-0.05, 0) is 0 Å². The van der Waals surface area contributed by atoms with Crippen LogP contribution in [0.3, 0.4) is 0 Å². The van der Waals surface area contributed by atoms with Gasteiger partial charge in [-0.2, -0.15) is 9.78 Å². The summed E-state index contributed by atoms with van der Waals surface area (Å²) < 4.78 is 0. The summed E-state index contributed by atoms with van der Waals surface area (Å²) in [6.07, 6.45) is 0.759. The Kier molecular flexibility index (Phi) is 0.821. The Morgan fingerprint density at radius 3 is 1.83 bits per heavy atom. The molecule has 35 valence electrons. The molecule has 0 aliphatic carbocycles. The van der Waals surface area contributed by atoms with Gasteiger partial charge in [0.2, 0.25) is 0 Å². The van der Waals surface area contributed by atoms with E-state index in [4.69, 9.17) is 0 Å². The molecule has 1 heterocycles. The van der Waals surface area contributed by atoms with Crippen molar-refractivity contribution in [2.45, 2.75) is 13.8 Å². The van der Waals surface area contributed by atoms with E-state index in [1.807, 2.05) is 13.8 Å². The minimum absolute atomic E-state index is 0.435. The van der Waals surface area contributed by atoms with Crippen LogP contribution in [0.1, 0.15) is 13.8 Å². The van der Waals surface area contributed by atoms with Crippen molar-refractivity contribution in [3.8, 4) is 0 Å². The Bertz CT molecular complexity index is 47.5. The summed E-state index contributed by atoms with van der Waals surface area (Å²) in [5.74, 6) is 0.435. The van der Waals surface area contributed by atoms with Crippen LogP contribution in [-0.2, 0) is 9.78 Å². The lowest BCUT2D eigenvalue weighted by atomic mass is 10.2. The summed E-state index contributed by atoms with van der Waals surface area (Å²) >= 11 is 0. The average molecular weight is 87.1 g/mol. The number of hydrogen-bond donors (Lipinski definition) is 0. The van der Waals surface area contributed by atoms with E-state index in [9.17, 15) is 0 Å². The van der Waals surface area contributed by atoms with Gasteiger partial charge in [-0.25, -0.2) is 0 Å². The first-order valence-electron chi connectivity index (χ1n) is 2.02. The van der Waals surface area contributed by atoms with Gasteiger partial charge in [0.15, 0.2) is 0 Å². The second kappa shape index (κ2) is 1.21. The molecule has 0 aromatic rings. The Hall–Kier alpha value is -0.0800. The predicted molar refractivity (Wildman–Crippen MR) is 20.3 cm³/mol. The Labute approximate surface area is 37.0 Å². The van der Waals surface area contributed by atoms with Crippen molar-refractivity contribution in [1.82, 2.24) is 0 Å². The van der Waals surface area contributed by atoms with Gasteiger partial charge < -0.3 is 0 Å². The van der Waals surface area contributed by atoms with Crippen LogP contribution in [0.15, 0.2) is 0 Å². The van der Waals surface area contributed by atoms with Gasteiger partial charge in [0.25, 0.3) is 6.29 Å². The highest BCUT2D eigenvalue weighted by Gasteiger charge is 2.32. The molecule has 0 atom stereocenters. The largest absolute Gasteiger partial charge is 0.295 e. The second-order valence-corrected chi connectivity index (χ2v) is 1.64. The standard InChI is InChI=1S/C4H7O2/c1-3(2)4-5-6-4/h3H,1-2H3. The molecule has 0 N–H and O–H groups in total. The molecular formula is C4H7O2. The molecule has 0 unspecified atom stereocenters. The molecule has 1 fully saturated rings. The van der Waals surface area contributed by atoms with Gasteiger partial charge in [-0.3, -0.25) is 0 Å². The predicted octanol–water partition coefficient (Wildman–Crippen LogP) is 1.09. The Morgan fingerprint density at radius 1 is 1.33 bits per heavy atom. The first-order valence-corrected chi connectivity index (χ1v) is 2.02. The van der Waals surface area contributed by atoms with Gasteiger partial charge in [-0.1, -0.05) is 13.8 Å². The molecular weight excluding hydrogens is 80.0 g/mol. The fraction of sp³-hybridized carbons (Fsp3) is 0.750. The van der Waals surface area contributed by atoms with Crippen molar-refractivity contribution in [1.29, 1.82) is 0 Å². The molecule has 1 rings (SSSR count). The Morgan fingerprint density at radius 2 is 1.83 bits per heavy atom. The summed E-state index contributed by atoms with van der Waals surface area (Å²) in [4.78, 5) is 8.77. The highest BCUT2D eigenvalue weighted by atomic mass is 17.4. The van der Waals surface area contributed by atoms with Crippen LogP contribution in [0.25, 0.3) is 0 Å². The van der Waals surface area contributed by atoms with E-state index in [1.165, 1.54) is 0 Å². The fourth-order valence-electron chi connectivity index (χ4n) is 0.217. The van der Waals surface area contributed by atoms with E-state index < -0.39 is 0 Å². The quantitative estimate of drug-likeness (QED) is 0.353. The van der Waals surface area contributed by atoms with Crippen molar-refractivity contribution in [2.24, 2.45) is 5.92 Å². The normalized spacial score (nSPS) is 22.5. The average Bonchev–Trinajstić information content (AvgIpc) is 2.06. The van der Waals surface area contributed by atoms with E-state index in [0.717, 1.165) is 6.29 Å². The fourth-order valence-corrected chi connectivity index (χ4v) is 0.217. The minimum atomic E-state index is 0.435. The third kappa shape index (κ3) is 0.698. The van der Waals surface area contributed by atoms with Gasteiger partial charge in [0.1, 0.15) is 0 Å². The van der Waals surface area contributed by atoms with E-state index >= 15 is 0 Å². The van der Waals surface area contributed by atoms with Crippen LogP contribution in [0.4, 0.5) is 0 Å². The van der Waals surface area contributed by atoms with Crippen LogP contribution in [0.2, 0.25) is 0 Å². The molecule has 0 spiro atoms. The zero-order chi connectivity index (χ0) is 4.57. The summed E-state index contributed by atoms with van der Waals surface area (Å²) in [6, 6.07) is 0. The first kappa shape index (κ1) is 4.09. The lowest BCUT2D eigenvalue weighted by molar-refractivity contribution is 0.0850. The van der Waals surface area contributed by atoms with Crippen LogP contribution in [-0.4, -0.2) is 0 Å². The molecule has 1 aliphatic rings. The SMILES string of the molecule is CC(C)[C]1OO1. The van der Waals surface area contributed by atoms with E-state index in [-0.39, 0.29) is 0 Å². The zero-order valence-electron chi connectivity index (χ0n) is 3.89. The van der Waals surface area contributed by atoms with Crippen LogP contribution in [0.5, 0.6) is 0 Å². The van der Waals surface area contributed by atoms with E-state index in [2.05, 4.69) is 9.78 Å². The molecule has 2 nitrogen and oxygen atoms in total. The van der Waals surface area contributed by atoms with Crippen molar-refractivity contribution < 1.29 is 9.78 Å². The maximum Gasteiger partial charge on any atom is 0.295 e. The van der Waals surface area contributed by atoms with E-state index in [1.54, 1.807) is 0 Å². The van der Waals surface area contributed by atoms with Crippen molar-refractivity contribution in [3.63, 3.8) is 0 Å². The molecule has 6 heavy (non-hydrogen) atoms. The van der Waals surface area contributed by atoms with Gasteiger partial charge >= 0.3 is 0 Å². The highest BCUT2D eigenvalue weighted by Crippen LogP contribution is 2.29. The molecule has 2 heteroatoms. The maximum atomic E-state index is 4.39. The molecule has 0 aromatic heterocycles. The first-order chi connectivity index (χ1) is 2.80. The van der Waals surface area contributed by atoms with Gasteiger partial charge in [0, 0.05) is 5.92 Å². The van der Waals surface area contributed by atoms with Gasteiger partial charge in [-0.15, -0.1) is 0 Å². The molecule has 0 saturated carbocycles. The number of rotatable bonds is 1. The van der Waals surface area contributed by atoms with Crippen molar-refractivity contribution in [3.05, 3.63) is 6.29 Å². The highest BCUT2D eigenvalue weighted by molar-refractivity contribution is 4.72. The zero-order valence-corrected chi connectivity index (χ0v) is 3.89. The summed E-state index contributed by atoms with van der Waals surface area (Å²) in [5.41, 5.74) is 0. The molecule has 1 saturated heterocycles. The Balaban J connectivity index is 2.13. The smallest absolute Gasteiger partial charge is 0.188 e. The second-order valence-electron chi connectivity index (χ2n) is 1.64. The van der Waals surface area contributed by atoms with Crippen LogP contribution in [0, 0.1) is 12.2 Å². The summed E-state index contributed by atoms with van der Waals surface area (Å²) in [5, 5.41) is 0. The van der Waals surface area contributed by atoms with E-state index in [0.29, 0.717) is 5.92 Å². The molecule has 0 aromatic carbocycles. The monoisotopic (exact) mass is 87.0 g/mol. The molecule has 0 amide bonds. The lowest BCUT2D eigenvalue weighted by Gasteiger charge is -1.83. The maximum absolute atomic E-state index is 4.39. The molecule has 1 aliphatic heterocycles. The van der Waals surface area contributed by atoms with Crippen LogP contribution < -0.4 is 0 Å². The van der Waals surface area contributed by atoms with Gasteiger partial charge in [0.05, 0.1) is 0 Å². The minimum Gasteiger partial charge on any atom is -0.188 e.